The molecule has 1 amide bonds. The van der Waals surface area contributed by atoms with E-state index in [1.807, 2.05) is 36.4 Å². The highest BCUT2D eigenvalue weighted by atomic mass is 35.5. The molecule has 2 aromatic carbocycles. The van der Waals surface area contributed by atoms with Crippen LogP contribution in [0.15, 0.2) is 66.9 Å². The summed E-state index contributed by atoms with van der Waals surface area (Å²) in [4.78, 5) is 26.9. The number of anilines is 1. The number of benzene rings is 2. The number of hydrogen-bond acceptors (Lipinski definition) is 4. The van der Waals surface area contributed by atoms with E-state index in [1.54, 1.807) is 24.4 Å². The molecular formula is C20H14ClN3O3. The standard InChI is InChI=1S/C20H14ClN3O3/c21-18-10-8-15(13-19(18)24(26)27)20(25)23-17-6-3-4-14(12-17)7-9-16-5-1-2-11-22-16/h1-13H,(H,23,25)/b9-7+. The molecular weight excluding hydrogens is 366 g/mol. The van der Waals surface area contributed by atoms with Gasteiger partial charge in [0.1, 0.15) is 5.02 Å². The molecule has 0 fully saturated rings. The Bertz CT molecular complexity index is 1020. The normalized spacial score (nSPS) is 10.7. The summed E-state index contributed by atoms with van der Waals surface area (Å²) in [6.07, 6.45) is 5.45. The van der Waals surface area contributed by atoms with Crippen molar-refractivity contribution in [3.8, 4) is 0 Å². The molecule has 0 aliphatic heterocycles. The number of pyridine rings is 1. The van der Waals surface area contributed by atoms with E-state index in [1.165, 1.54) is 12.1 Å². The third-order valence-electron chi connectivity index (χ3n) is 3.68. The quantitative estimate of drug-likeness (QED) is 0.495. The molecule has 134 valence electrons. The molecule has 1 aromatic heterocycles. The van der Waals surface area contributed by atoms with Gasteiger partial charge in [0.2, 0.25) is 0 Å². The fourth-order valence-corrected chi connectivity index (χ4v) is 2.56. The maximum absolute atomic E-state index is 12.4. The Labute approximate surface area is 160 Å². The average molecular weight is 380 g/mol. The van der Waals surface area contributed by atoms with Crippen LogP contribution in [0.3, 0.4) is 0 Å². The summed E-state index contributed by atoms with van der Waals surface area (Å²) >= 11 is 5.78. The predicted molar refractivity (Wildman–Crippen MR) is 106 cm³/mol. The number of carbonyl (C=O) groups is 1. The van der Waals surface area contributed by atoms with Crippen LogP contribution in [0.4, 0.5) is 11.4 Å². The molecule has 0 radical (unpaired) electrons. The topological polar surface area (TPSA) is 85.1 Å². The number of nitro groups is 1. The molecule has 7 heteroatoms. The largest absolute Gasteiger partial charge is 0.322 e. The first kappa shape index (κ1) is 18.3. The molecule has 0 atom stereocenters. The number of amides is 1. The number of halogens is 1. The smallest absolute Gasteiger partial charge is 0.288 e. The van der Waals surface area contributed by atoms with Crippen LogP contribution in [-0.4, -0.2) is 15.8 Å². The number of rotatable bonds is 5. The molecule has 0 aliphatic carbocycles. The molecule has 0 saturated heterocycles. The van der Waals surface area contributed by atoms with Crippen LogP contribution in [0.25, 0.3) is 12.2 Å². The third kappa shape index (κ3) is 4.77. The van der Waals surface area contributed by atoms with Crippen LogP contribution in [0.5, 0.6) is 0 Å². The van der Waals surface area contributed by atoms with Gasteiger partial charge in [0.25, 0.3) is 11.6 Å². The van der Waals surface area contributed by atoms with Gasteiger partial charge in [-0.05, 0) is 48.0 Å². The van der Waals surface area contributed by atoms with E-state index in [4.69, 9.17) is 11.6 Å². The summed E-state index contributed by atoms with van der Waals surface area (Å²) < 4.78 is 0. The van der Waals surface area contributed by atoms with Crippen LogP contribution in [0, 0.1) is 10.1 Å². The summed E-state index contributed by atoms with van der Waals surface area (Å²) in [6, 6.07) is 16.8. The lowest BCUT2D eigenvalue weighted by Crippen LogP contribution is -2.12. The Morgan fingerprint density at radius 3 is 2.67 bits per heavy atom. The number of carbonyl (C=O) groups excluding carboxylic acids is 1. The zero-order valence-corrected chi connectivity index (χ0v) is 14.8. The average Bonchev–Trinajstić information content (AvgIpc) is 2.67. The Morgan fingerprint density at radius 1 is 1.07 bits per heavy atom. The van der Waals surface area contributed by atoms with Crippen molar-refractivity contribution >= 4 is 41.0 Å². The van der Waals surface area contributed by atoms with Crippen LogP contribution < -0.4 is 5.32 Å². The lowest BCUT2D eigenvalue weighted by molar-refractivity contribution is -0.384. The molecule has 1 heterocycles. The molecule has 0 aliphatic rings. The number of nitrogens with zero attached hydrogens (tertiary/aromatic N) is 2. The van der Waals surface area contributed by atoms with Crippen molar-refractivity contribution in [3.05, 3.63) is 98.8 Å². The first-order valence-corrected chi connectivity index (χ1v) is 8.35. The van der Waals surface area contributed by atoms with Crippen molar-refractivity contribution in [2.45, 2.75) is 0 Å². The van der Waals surface area contributed by atoms with E-state index >= 15 is 0 Å². The van der Waals surface area contributed by atoms with Crippen molar-refractivity contribution in [2.75, 3.05) is 5.32 Å². The van der Waals surface area contributed by atoms with Crippen molar-refractivity contribution < 1.29 is 9.72 Å². The number of nitrogens with one attached hydrogen (secondary N) is 1. The summed E-state index contributed by atoms with van der Waals surface area (Å²) in [5.74, 6) is -0.458. The second-order valence-corrected chi connectivity index (χ2v) is 6.00. The van der Waals surface area contributed by atoms with Crippen molar-refractivity contribution in [1.29, 1.82) is 0 Å². The Morgan fingerprint density at radius 2 is 1.93 bits per heavy atom. The number of hydrogen-bond donors (Lipinski definition) is 1. The highest BCUT2D eigenvalue weighted by molar-refractivity contribution is 6.32. The van der Waals surface area contributed by atoms with Gasteiger partial charge in [-0.3, -0.25) is 19.9 Å². The number of aromatic nitrogens is 1. The predicted octanol–water partition coefficient (Wildman–Crippen LogP) is 5.07. The first-order valence-electron chi connectivity index (χ1n) is 7.97. The van der Waals surface area contributed by atoms with Crippen molar-refractivity contribution in [2.24, 2.45) is 0 Å². The monoisotopic (exact) mass is 379 g/mol. The molecule has 3 rings (SSSR count). The van der Waals surface area contributed by atoms with Crippen molar-refractivity contribution in [3.63, 3.8) is 0 Å². The highest BCUT2D eigenvalue weighted by Crippen LogP contribution is 2.25. The van der Waals surface area contributed by atoms with E-state index in [0.717, 1.165) is 17.3 Å². The van der Waals surface area contributed by atoms with E-state index in [-0.39, 0.29) is 16.3 Å². The minimum absolute atomic E-state index is 0.0156. The Kier molecular flexibility index (Phi) is 5.58. The minimum Gasteiger partial charge on any atom is -0.322 e. The molecule has 0 spiro atoms. The molecule has 6 nitrogen and oxygen atoms in total. The van der Waals surface area contributed by atoms with E-state index in [0.29, 0.717) is 5.69 Å². The van der Waals surface area contributed by atoms with Gasteiger partial charge in [-0.25, -0.2) is 0 Å². The molecule has 1 N–H and O–H groups in total. The molecule has 0 unspecified atom stereocenters. The second kappa shape index (κ2) is 8.25. The zero-order chi connectivity index (χ0) is 19.2. The van der Waals surface area contributed by atoms with E-state index < -0.39 is 10.8 Å². The summed E-state index contributed by atoms with van der Waals surface area (Å²) in [5.41, 5.74) is 2.11. The van der Waals surface area contributed by atoms with Gasteiger partial charge < -0.3 is 5.32 Å². The van der Waals surface area contributed by atoms with Crippen molar-refractivity contribution in [1.82, 2.24) is 4.98 Å². The van der Waals surface area contributed by atoms with E-state index in [2.05, 4.69) is 10.3 Å². The number of nitro benzene ring substituents is 1. The highest BCUT2D eigenvalue weighted by Gasteiger charge is 2.16. The van der Waals surface area contributed by atoms with Gasteiger partial charge in [0, 0.05) is 23.5 Å². The SMILES string of the molecule is O=C(Nc1cccc(/C=C/c2ccccn2)c1)c1ccc(Cl)c([N+](=O)[O-])c1. The van der Waals surface area contributed by atoms with Gasteiger partial charge in [0.15, 0.2) is 0 Å². The van der Waals surface area contributed by atoms with Gasteiger partial charge in [-0.1, -0.05) is 35.9 Å². The third-order valence-corrected chi connectivity index (χ3v) is 4.00. The summed E-state index contributed by atoms with van der Waals surface area (Å²) in [5, 5.41) is 13.7. The zero-order valence-electron chi connectivity index (χ0n) is 14.0. The van der Waals surface area contributed by atoms with Gasteiger partial charge >= 0.3 is 0 Å². The summed E-state index contributed by atoms with van der Waals surface area (Å²) in [7, 11) is 0. The molecule has 27 heavy (non-hydrogen) atoms. The lowest BCUT2D eigenvalue weighted by atomic mass is 10.1. The lowest BCUT2D eigenvalue weighted by Gasteiger charge is -2.06. The molecule has 0 saturated carbocycles. The minimum atomic E-state index is -0.623. The maximum atomic E-state index is 12.4. The fourth-order valence-electron chi connectivity index (χ4n) is 2.37. The summed E-state index contributed by atoms with van der Waals surface area (Å²) in [6.45, 7) is 0. The van der Waals surface area contributed by atoms with Gasteiger partial charge in [-0.2, -0.15) is 0 Å². The maximum Gasteiger partial charge on any atom is 0.288 e. The molecule has 3 aromatic rings. The van der Waals surface area contributed by atoms with Crippen LogP contribution in [-0.2, 0) is 0 Å². The van der Waals surface area contributed by atoms with Crippen LogP contribution >= 0.6 is 11.6 Å². The van der Waals surface area contributed by atoms with Crippen LogP contribution in [0.2, 0.25) is 5.02 Å². The van der Waals surface area contributed by atoms with Crippen LogP contribution in [0.1, 0.15) is 21.6 Å². The van der Waals surface area contributed by atoms with Gasteiger partial charge in [0.05, 0.1) is 10.6 Å². The van der Waals surface area contributed by atoms with E-state index in [9.17, 15) is 14.9 Å². The molecule has 0 bridgehead atoms. The Hall–Kier alpha value is -3.51. The first-order chi connectivity index (χ1) is 13.0. The fraction of sp³-hybridized carbons (Fsp3) is 0. The van der Waals surface area contributed by atoms with Gasteiger partial charge in [-0.15, -0.1) is 0 Å². The second-order valence-electron chi connectivity index (χ2n) is 5.59. The Balaban J connectivity index is 1.76.